The van der Waals surface area contributed by atoms with Gasteiger partial charge in [-0.25, -0.2) is 19.9 Å². The molecule has 0 atom stereocenters. The molecule has 8 aromatic carbocycles. The largest absolute Gasteiger partial charge is 0.263 e. The van der Waals surface area contributed by atoms with Crippen molar-refractivity contribution in [3.8, 4) is 89.8 Å². The van der Waals surface area contributed by atoms with E-state index in [2.05, 4.69) is 199 Å². The van der Waals surface area contributed by atoms with Gasteiger partial charge in [0.05, 0.1) is 33.8 Å². The second-order valence-electron chi connectivity index (χ2n) is 16.5. The molecule has 5 heteroatoms. The molecule has 5 nitrogen and oxygen atoms in total. The summed E-state index contributed by atoms with van der Waals surface area (Å²) >= 11 is 0. The number of benzene rings is 8. The quantitative estimate of drug-likeness (QED) is 0.143. The van der Waals surface area contributed by atoms with E-state index in [1.807, 2.05) is 42.7 Å². The first kappa shape index (κ1) is 38.7. The third-order valence-corrected chi connectivity index (χ3v) is 12.4. The van der Waals surface area contributed by atoms with Gasteiger partial charge in [0, 0.05) is 61.9 Å². The lowest BCUT2D eigenvalue weighted by molar-refractivity contribution is 1.18. The summed E-state index contributed by atoms with van der Waals surface area (Å²) in [6, 6.07) is 78.2. The van der Waals surface area contributed by atoms with Crippen molar-refractivity contribution in [1.29, 1.82) is 0 Å². The number of aromatic nitrogens is 5. The molecule has 66 heavy (non-hydrogen) atoms. The molecule has 12 rings (SSSR count). The molecular weight excluding hydrogens is 803 g/mol. The maximum absolute atomic E-state index is 5.35. The van der Waals surface area contributed by atoms with Crippen molar-refractivity contribution in [2.24, 2.45) is 0 Å². The molecule has 0 saturated carbocycles. The second-order valence-corrected chi connectivity index (χ2v) is 16.5. The van der Waals surface area contributed by atoms with Crippen molar-refractivity contribution in [3.05, 3.63) is 237 Å². The van der Waals surface area contributed by atoms with Crippen molar-refractivity contribution in [1.82, 2.24) is 24.9 Å². The highest BCUT2D eigenvalue weighted by atomic mass is 14.9. The summed E-state index contributed by atoms with van der Waals surface area (Å²) in [6.45, 7) is 0. The van der Waals surface area contributed by atoms with E-state index in [1.165, 1.54) is 5.39 Å². The fourth-order valence-corrected chi connectivity index (χ4v) is 8.99. The number of hydrogen-bond acceptors (Lipinski definition) is 5. The van der Waals surface area contributed by atoms with Crippen LogP contribution in [0.1, 0.15) is 0 Å². The number of nitrogens with zero attached hydrogens (tertiary/aromatic N) is 5. The van der Waals surface area contributed by atoms with Crippen LogP contribution in [0.4, 0.5) is 0 Å². The number of fused-ring (bicyclic) bond motifs is 4. The van der Waals surface area contributed by atoms with Gasteiger partial charge in [0.1, 0.15) is 0 Å². The van der Waals surface area contributed by atoms with Crippen LogP contribution in [0.3, 0.4) is 0 Å². The predicted octanol–water partition coefficient (Wildman–Crippen LogP) is 15.5. The SMILES string of the molecule is c1ccc(-c2cc(-c3cccc(-c4cncc5ccccc45)c3)nc(-c3ccc(-c4cccc(-c5ccc6ccc7c(-c8ccccc8)cc(-c8ccccc8)nc7c6n5)c4)cc3)n2)cc1. The minimum atomic E-state index is 0.663. The minimum absolute atomic E-state index is 0.663. The van der Waals surface area contributed by atoms with Crippen LogP contribution in [0.2, 0.25) is 0 Å². The third kappa shape index (κ3) is 7.34. The third-order valence-electron chi connectivity index (χ3n) is 12.4. The summed E-state index contributed by atoms with van der Waals surface area (Å²) < 4.78 is 0. The topological polar surface area (TPSA) is 64.5 Å². The molecule has 0 aliphatic rings. The van der Waals surface area contributed by atoms with E-state index in [4.69, 9.17) is 19.9 Å². The predicted molar refractivity (Wildman–Crippen MR) is 271 cm³/mol. The van der Waals surface area contributed by atoms with E-state index in [-0.39, 0.29) is 0 Å². The van der Waals surface area contributed by atoms with Crippen LogP contribution in [-0.4, -0.2) is 24.9 Å². The Labute approximate surface area is 382 Å². The molecule has 0 fully saturated rings. The van der Waals surface area contributed by atoms with E-state index in [1.54, 1.807) is 0 Å². The molecule has 12 aromatic rings. The Morgan fingerprint density at radius 1 is 0.242 bits per heavy atom. The maximum atomic E-state index is 5.35. The second kappa shape index (κ2) is 16.6. The maximum Gasteiger partial charge on any atom is 0.160 e. The first-order valence-electron chi connectivity index (χ1n) is 22.1. The Morgan fingerprint density at radius 2 is 0.788 bits per heavy atom. The van der Waals surface area contributed by atoms with Crippen molar-refractivity contribution < 1.29 is 0 Å². The Hall–Kier alpha value is -8.93. The normalized spacial score (nSPS) is 11.3. The minimum Gasteiger partial charge on any atom is -0.263 e. The van der Waals surface area contributed by atoms with Gasteiger partial charge in [0.15, 0.2) is 5.82 Å². The van der Waals surface area contributed by atoms with Gasteiger partial charge in [-0.3, -0.25) is 4.98 Å². The fraction of sp³-hybridized carbons (Fsp3) is 0. The van der Waals surface area contributed by atoms with Crippen LogP contribution in [0.5, 0.6) is 0 Å². The van der Waals surface area contributed by atoms with Crippen LogP contribution >= 0.6 is 0 Å². The van der Waals surface area contributed by atoms with Crippen LogP contribution in [-0.2, 0) is 0 Å². The number of rotatable bonds is 8. The van der Waals surface area contributed by atoms with Crippen molar-refractivity contribution in [2.75, 3.05) is 0 Å². The molecular formula is C61H39N5. The van der Waals surface area contributed by atoms with Gasteiger partial charge in [0.2, 0.25) is 0 Å². The van der Waals surface area contributed by atoms with Crippen LogP contribution in [0, 0.1) is 0 Å². The average Bonchev–Trinajstić information content (AvgIpc) is 3.41. The summed E-state index contributed by atoms with van der Waals surface area (Å²) in [5, 5.41) is 4.40. The molecule has 308 valence electrons. The highest BCUT2D eigenvalue weighted by Gasteiger charge is 2.16. The molecule has 0 aliphatic carbocycles. The van der Waals surface area contributed by atoms with Crippen LogP contribution in [0.15, 0.2) is 237 Å². The number of hydrogen-bond donors (Lipinski definition) is 0. The highest BCUT2D eigenvalue weighted by molar-refractivity contribution is 6.09. The Bertz CT molecular complexity index is 3730. The lowest BCUT2D eigenvalue weighted by atomic mass is 9.96. The molecule has 0 saturated heterocycles. The first-order valence-corrected chi connectivity index (χ1v) is 22.1. The zero-order valence-electron chi connectivity index (χ0n) is 35.8. The monoisotopic (exact) mass is 841 g/mol. The zero-order valence-corrected chi connectivity index (χ0v) is 35.8. The van der Waals surface area contributed by atoms with E-state index in [0.717, 1.165) is 111 Å². The lowest BCUT2D eigenvalue weighted by Crippen LogP contribution is -1.96. The van der Waals surface area contributed by atoms with E-state index >= 15 is 0 Å². The average molecular weight is 842 g/mol. The van der Waals surface area contributed by atoms with Gasteiger partial charge in [-0.2, -0.15) is 0 Å². The standard InChI is InChI=1S/C61H39N5/c1-4-14-41(15-5-1)53-36-56(42-16-6-2-7-17-42)64-60-52(53)32-30-44-31-33-55(63-59(44)60)48-23-12-21-46(34-48)40-26-28-45(29-27-40)61-65-57(43-18-8-3-9-19-43)37-58(66-61)49-24-13-22-47(35-49)54-39-62-38-50-20-10-11-25-51(50)54/h1-39H. The van der Waals surface area contributed by atoms with E-state index in [9.17, 15) is 0 Å². The molecule has 0 aliphatic heterocycles. The van der Waals surface area contributed by atoms with Gasteiger partial charge < -0.3 is 0 Å². The van der Waals surface area contributed by atoms with Gasteiger partial charge in [-0.15, -0.1) is 0 Å². The molecule has 0 radical (unpaired) electrons. The van der Waals surface area contributed by atoms with Crippen LogP contribution in [0.25, 0.3) is 122 Å². The Morgan fingerprint density at radius 3 is 1.53 bits per heavy atom. The van der Waals surface area contributed by atoms with Crippen LogP contribution < -0.4 is 0 Å². The van der Waals surface area contributed by atoms with E-state index < -0.39 is 0 Å². The molecule has 0 bridgehead atoms. The van der Waals surface area contributed by atoms with Crippen molar-refractivity contribution in [3.63, 3.8) is 0 Å². The van der Waals surface area contributed by atoms with Gasteiger partial charge in [-0.1, -0.05) is 194 Å². The molecule has 0 unspecified atom stereocenters. The molecule has 4 aromatic heterocycles. The Kier molecular flexibility index (Phi) is 9.77. The van der Waals surface area contributed by atoms with Crippen molar-refractivity contribution in [2.45, 2.75) is 0 Å². The molecule has 0 spiro atoms. The van der Waals surface area contributed by atoms with Gasteiger partial charge >= 0.3 is 0 Å². The zero-order chi connectivity index (χ0) is 43.8. The first-order chi connectivity index (χ1) is 32.7. The van der Waals surface area contributed by atoms with Gasteiger partial charge in [-0.05, 0) is 63.5 Å². The summed E-state index contributed by atoms with van der Waals surface area (Å²) in [6.07, 6.45) is 3.86. The molecule has 0 N–H and O–H groups in total. The summed E-state index contributed by atoms with van der Waals surface area (Å²) in [7, 11) is 0. The lowest BCUT2D eigenvalue weighted by Gasteiger charge is -2.13. The fourth-order valence-electron chi connectivity index (χ4n) is 8.99. The summed E-state index contributed by atoms with van der Waals surface area (Å²) in [5.41, 5.74) is 17.0. The van der Waals surface area contributed by atoms with Crippen molar-refractivity contribution >= 4 is 32.6 Å². The Balaban J connectivity index is 0.904. The highest BCUT2D eigenvalue weighted by Crippen LogP contribution is 2.37. The molecule has 4 heterocycles. The van der Waals surface area contributed by atoms with E-state index in [0.29, 0.717) is 5.82 Å². The smallest absolute Gasteiger partial charge is 0.160 e. The number of pyridine rings is 3. The molecule has 0 amide bonds. The van der Waals surface area contributed by atoms with Gasteiger partial charge in [0.25, 0.3) is 0 Å². The summed E-state index contributed by atoms with van der Waals surface area (Å²) in [4.78, 5) is 25.5. The summed E-state index contributed by atoms with van der Waals surface area (Å²) in [5.74, 6) is 0.663.